The maximum Gasteiger partial charge on any atom is 0.134 e. The van der Waals surface area contributed by atoms with Crippen LogP contribution in [0.2, 0.25) is 0 Å². The summed E-state index contributed by atoms with van der Waals surface area (Å²) in [5, 5.41) is 28.1. The number of Topliss-reactive ketones (excluding diaryl/α,β-unsaturated/α-hetero) is 8. The average molecular weight is 983 g/mol. The molecule has 0 aliphatic heterocycles. The van der Waals surface area contributed by atoms with Gasteiger partial charge in [0.25, 0.3) is 0 Å². The highest BCUT2D eigenvalue weighted by Gasteiger charge is 2.39. The summed E-state index contributed by atoms with van der Waals surface area (Å²) in [4.78, 5) is 94.7. The molecule has 8 bridgehead atoms. The lowest BCUT2D eigenvalue weighted by Gasteiger charge is -2.18. The minimum atomic E-state index is -0.281. The van der Waals surface area contributed by atoms with Gasteiger partial charge in [-0.25, -0.2) is 8.78 Å². The Bertz CT molecular complexity index is 2750. The molecule has 72 heavy (non-hydrogen) atoms. The SMILES string of the molecule is O=C1CC2CC(=O)CC(C1)c1c(F)cccc12.O=C1CC2CC(=O)CC(C1)c1cc(CO)c(CO)cc12.O=C1CC2CC(=O)CC(C1)c1cc(CO)ccc12.O=C1CC2CC(=O)CC(C1)c1cc(F)ccc12. The number of carbonyl (C=O) groups is 8. The molecule has 12 rings (SSSR count). The van der Waals surface area contributed by atoms with E-state index in [9.17, 15) is 62.5 Å². The van der Waals surface area contributed by atoms with Crippen LogP contribution in [-0.4, -0.2) is 61.6 Å². The number of carbonyl (C=O) groups excluding carboxylic acids is 8. The van der Waals surface area contributed by atoms with Crippen molar-refractivity contribution in [3.63, 3.8) is 0 Å². The predicted octanol–water partition coefficient (Wildman–Crippen LogP) is 9.07. The van der Waals surface area contributed by atoms with Gasteiger partial charge in [-0.05, 0) is 121 Å². The summed E-state index contributed by atoms with van der Waals surface area (Å²) < 4.78 is 27.2. The maximum atomic E-state index is 13.9. The molecule has 0 atom stereocenters. The van der Waals surface area contributed by atoms with Crippen LogP contribution < -0.4 is 0 Å². The Morgan fingerprint density at radius 3 is 1.03 bits per heavy atom. The first-order chi connectivity index (χ1) is 34.6. The van der Waals surface area contributed by atoms with Crippen molar-refractivity contribution in [1.82, 2.24) is 0 Å². The van der Waals surface area contributed by atoms with Crippen LogP contribution in [0.15, 0.2) is 66.7 Å². The number of rotatable bonds is 3. The van der Waals surface area contributed by atoms with Gasteiger partial charge in [-0.1, -0.05) is 48.5 Å². The molecule has 0 saturated carbocycles. The second-order valence-corrected chi connectivity index (χ2v) is 21.4. The molecule has 11 nitrogen and oxygen atoms in total. The Morgan fingerprint density at radius 2 is 0.653 bits per heavy atom. The molecule has 0 spiro atoms. The number of aliphatic hydroxyl groups is 3. The molecule has 0 saturated heterocycles. The molecule has 4 aromatic rings. The van der Waals surface area contributed by atoms with Crippen LogP contribution in [0.5, 0.6) is 0 Å². The Balaban J connectivity index is 0.000000119. The van der Waals surface area contributed by atoms with E-state index in [2.05, 4.69) is 0 Å². The van der Waals surface area contributed by atoms with E-state index in [0.717, 1.165) is 44.5 Å². The highest BCUT2D eigenvalue weighted by molar-refractivity contribution is 5.91. The minimum Gasteiger partial charge on any atom is -0.392 e. The van der Waals surface area contributed by atoms with Crippen LogP contribution in [0, 0.1) is 11.6 Å². The van der Waals surface area contributed by atoms with Crippen molar-refractivity contribution in [3.05, 3.63) is 140 Å². The molecule has 0 fully saturated rings. The van der Waals surface area contributed by atoms with E-state index in [-0.39, 0.29) is 125 Å². The van der Waals surface area contributed by atoms with Gasteiger partial charge < -0.3 is 15.3 Å². The summed E-state index contributed by atoms with van der Waals surface area (Å²) in [6.45, 7) is -0.266. The van der Waals surface area contributed by atoms with Crippen LogP contribution in [0.4, 0.5) is 8.78 Å². The van der Waals surface area contributed by atoms with Crippen LogP contribution in [-0.2, 0) is 58.2 Å². The van der Waals surface area contributed by atoms with E-state index in [4.69, 9.17) is 0 Å². The number of ketones is 8. The summed E-state index contributed by atoms with van der Waals surface area (Å²) in [5.41, 5.74) is 9.94. The van der Waals surface area contributed by atoms with Crippen molar-refractivity contribution in [1.29, 1.82) is 0 Å². The van der Waals surface area contributed by atoms with Crippen LogP contribution in [0.1, 0.15) is 211 Å². The van der Waals surface area contributed by atoms with Crippen molar-refractivity contribution < 1.29 is 62.5 Å². The van der Waals surface area contributed by atoms with Gasteiger partial charge in [0.2, 0.25) is 0 Å². The summed E-state index contributed by atoms with van der Waals surface area (Å²) in [6.07, 6.45) is 6.65. The molecule has 8 aliphatic rings. The molecule has 0 amide bonds. The van der Waals surface area contributed by atoms with E-state index in [1.807, 2.05) is 36.4 Å². The first kappa shape index (κ1) is 50.9. The number of hydrogen-bond donors (Lipinski definition) is 3. The average Bonchev–Trinajstić information content (AvgIpc) is 3.84. The van der Waals surface area contributed by atoms with Crippen LogP contribution in [0.3, 0.4) is 0 Å². The fraction of sp³-hybridized carbons (Fsp3) is 0.458. The molecule has 0 heterocycles. The smallest absolute Gasteiger partial charge is 0.134 e. The predicted molar refractivity (Wildman–Crippen MR) is 259 cm³/mol. The van der Waals surface area contributed by atoms with E-state index >= 15 is 0 Å². The van der Waals surface area contributed by atoms with Crippen LogP contribution >= 0.6 is 0 Å². The number of aliphatic hydroxyl groups excluding tert-OH is 3. The minimum absolute atomic E-state index is 0.00651. The molecule has 3 N–H and O–H groups in total. The van der Waals surface area contributed by atoms with E-state index in [1.165, 1.54) is 18.2 Å². The van der Waals surface area contributed by atoms with E-state index < -0.39 is 0 Å². The summed E-state index contributed by atoms with van der Waals surface area (Å²) in [7, 11) is 0. The molecule has 376 valence electrons. The lowest BCUT2D eigenvalue weighted by molar-refractivity contribution is -0.125. The van der Waals surface area contributed by atoms with Gasteiger partial charge in [-0.15, -0.1) is 0 Å². The van der Waals surface area contributed by atoms with Gasteiger partial charge in [0.1, 0.15) is 57.9 Å². The molecular formula is C59H60F2O11. The van der Waals surface area contributed by atoms with Gasteiger partial charge >= 0.3 is 0 Å². The van der Waals surface area contributed by atoms with Crippen LogP contribution in [0.25, 0.3) is 0 Å². The Kier molecular flexibility index (Phi) is 15.3. The highest BCUT2D eigenvalue weighted by atomic mass is 19.1. The molecule has 8 aliphatic carbocycles. The normalized spacial score (nSPS) is 26.7. The highest BCUT2D eigenvalue weighted by Crippen LogP contribution is 2.47. The lowest BCUT2D eigenvalue weighted by Crippen LogP contribution is -2.15. The van der Waals surface area contributed by atoms with E-state index in [1.54, 1.807) is 12.1 Å². The zero-order chi connectivity index (χ0) is 51.0. The van der Waals surface area contributed by atoms with Crippen molar-refractivity contribution >= 4 is 46.3 Å². The molecule has 0 unspecified atom stereocenters. The standard InChI is InChI=1S/C16H18O4.C15H16O3.2C14H13FO2/c17-7-11-5-15-9-1-13(19)3-10(4-14(20)2-9)16(15)6-12(11)8-18;16-8-9-1-2-14-10-4-12(17)6-11(15(14)3-9)7-13(18)5-10;15-10-1-2-13-8-3-11(16)5-9(14(13)7-10)6-12(17)4-8;15-13-3-1-2-12-8-4-10(16)6-9(14(12)13)7-11(17)5-8/h5-6,9-10,17-18H,1-4,7-8H2;1-3,10-11,16H,4-8H2;1-2,7-9H,3-6H2;1-3,8-9H,4-7H2. The molecule has 0 aromatic heterocycles. The number of halogens is 2. The van der Waals surface area contributed by atoms with Crippen molar-refractivity contribution in [3.8, 4) is 0 Å². The van der Waals surface area contributed by atoms with Gasteiger partial charge in [-0.3, -0.25) is 38.4 Å². The maximum absolute atomic E-state index is 13.9. The largest absolute Gasteiger partial charge is 0.392 e. The number of benzene rings is 4. The monoisotopic (exact) mass is 982 g/mol. The van der Waals surface area contributed by atoms with Crippen molar-refractivity contribution in [2.45, 2.75) is 170 Å². The lowest BCUT2D eigenvalue weighted by atomic mass is 9.87. The third-order valence-electron chi connectivity index (χ3n) is 16.3. The molecule has 4 aromatic carbocycles. The first-order valence-corrected chi connectivity index (χ1v) is 25.4. The second kappa shape index (κ2) is 21.6. The van der Waals surface area contributed by atoms with Crippen molar-refractivity contribution in [2.75, 3.05) is 0 Å². The fourth-order valence-electron chi connectivity index (χ4n) is 13.2. The summed E-state index contributed by atoms with van der Waals surface area (Å²) in [6, 6.07) is 19.3. The Morgan fingerprint density at radius 1 is 0.333 bits per heavy atom. The van der Waals surface area contributed by atoms with Gasteiger partial charge in [0.05, 0.1) is 19.8 Å². The summed E-state index contributed by atoms with van der Waals surface area (Å²) in [5.74, 6) is 0.596. The number of hydrogen-bond acceptors (Lipinski definition) is 11. The molecule has 0 radical (unpaired) electrons. The van der Waals surface area contributed by atoms with E-state index in [0.29, 0.717) is 119 Å². The van der Waals surface area contributed by atoms with Gasteiger partial charge in [0, 0.05) is 109 Å². The Labute approximate surface area is 416 Å². The molecular weight excluding hydrogens is 923 g/mol. The first-order valence-electron chi connectivity index (χ1n) is 25.4. The van der Waals surface area contributed by atoms with Gasteiger partial charge in [-0.2, -0.15) is 0 Å². The topological polar surface area (TPSA) is 197 Å². The fourth-order valence-corrected chi connectivity index (χ4v) is 13.2. The van der Waals surface area contributed by atoms with Gasteiger partial charge in [0.15, 0.2) is 0 Å². The second-order valence-electron chi connectivity index (χ2n) is 21.4. The zero-order valence-electron chi connectivity index (χ0n) is 40.3. The third kappa shape index (κ3) is 11.0. The Hall–Kier alpha value is -6.02. The molecule has 13 heteroatoms. The van der Waals surface area contributed by atoms with Crippen molar-refractivity contribution in [2.24, 2.45) is 0 Å². The quantitative estimate of drug-likeness (QED) is 0.177. The zero-order valence-corrected chi connectivity index (χ0v) is 40.3. The summed E-state index contributed by atoms with van der Waals surface area (Å²) >= 11 is 0. The third-order valence-corrected chi connectivity index (χ3v) is 16.3.